The molecule has 1 fully saturated rings. The molecule has 2 aromatic rings. The van der Waals surface area contributed by atoms with Crippen LogP contribution in [0.1, 0.15) is 25.3 Å². The Balaban J connectivity index is 1.54. The Morgan fingerprint density at radius 2 is 1.86 bits per heavy atom. The molecule has 0 spiro atoms. The maximum absolute atomic E-state index is 13.2. The summed E-state index contributed by atoms with van der Waals surface area (Å²) < 4.78 is 11.2. The zero-order valence-corrected chi connectivity index (χ0v) is 16.9. The number of hydrogen-bond donors (Lipinski definition) is 1. The number of carbonyl (C=O) groups excluding carboxylic acids is 1. The molecule has 4 rings (SSSR count). The molecule has 2 heterocycles. The Morgan fingerprint density at radius 3 is 2.62 bits per heavy atom. The largest absolute Gasteiger partial charge is 0.494 e. The molecule has 2 aliphatic heterocycles. The van der Waals surface area contributed by atoms with Crippen molar-refractivity contribution < 1.29 is 19.2 Å². The average Bonchev–Trinajstić information content (AvgIpc) is 3.02. The molecule has 6 nitrogen and oxygen atoms in total. The quantitative estimate of drug-likeness (QED) is 0.733. The minimum absolute atomic E-state index is 0.0338. The first kappa shape index (κ1) is 19.6. The lowest BCUT2D eigenvalue weighted by atomic mass is 10.1. The zero-order chi connectivity index (χ0) is 20.1. The maximum atomic E-state index is 13.2. The third kappa shape index (κ3) is 4.49. The molecule has 0 saturated carbocycles. The van der Waals surface area contributed by atoms with Crippen molar-refractivity contribution in [3.8, 4) is 5.75 Å². The fourth-order valence-electron chi connectivity index (χ4n) is 3.65. The fourth-order valence-corrected chi connectivity index (χ4v) is 3.65. The van der Waals surface area contributed by atoms with Gasteiger partial charge in [-0.25, -0.2) is 4.99 Å². The van der Waals surface area contributed by atoms with Crippen LogP contribution in [0.3, 0.4) is 0 Å². The lowest BCUT2D eigenvalue weighted by Gasteiger charge is -2.27. The van der Waals surface area contributed by atoms with Gasteiger partial charge in [0.1, 0.15) is 24.6 Å². The number of anilines is 1. The van der Waals surface area contributed by atoms with E-state index in [0.29, 0.717) is 12.4 Å². The first-order valence-corrected chi connectivity index (χ1v) is 10.4. The highest BCUT2D eigenvalue weighted by Gasteiger charge is 2.36. The van der Waals surface area contributed by atoms with Gasteiger partial charge in [0, 0.05) is 5.56 Å². The SMILES string of the molecule is CCCCOc1ccc(N=C2C(=O)N(C[NH+]3CCOCC3)c3ccccc32)cc1. The second kappa shape index (κ2) is 9.20. The van der Waals surface area contributed by atoms with Crippen molar-refractivity contribution in [2.45, 2.75) is 19.8 Å². The standard InChI is InChI=1S/C23H27N3O3/c1-2-3-14-29-19-10-8-18(9-11-19)24-22-20-6-4-5-7-21(20)26(23(22)27)17-25-12-15-28-16-13-25/h4-11H,2-3,12-17H2,1H3/p+1. The molecule has 0 aromatic heterocycles. The van der Waals surface area contributed by atoms with Crippen LogP contribution in [-0.2, 0) is 9.53 Å². The molecule has 0 unspecified atom stereocenters. The molecule has 0 atom stereocenters. The summed E-state index contributed by atoms with van der Waals surface area (Å²) in [5.41, 5.74) is 3.10. The van der Waals surface area contributed by atoms with Crippen LogP contribution in [0, 0.1) is 0 Å². The van der Waals surface area contributed by atoms with Gasteiger partial charge in [0.2, 0.25) is 0 Å². The molecule has 2 aromatic carbocycles. The van der Waals surface area contributed by atoms with Crippen molar-refractivity contribution in [2.24, 2.45) is 4.99 Å². The number of nitrogens with zero attached hydrogens (tertiary/aromatic N) is 2. The van der Waals surface area contributed by atoms with Gasteiger partial charge in [0.05, 0.1) is 31.2 Å². The van der Waals surface area contributed by atoms with E-state index in [0.717, 1.165) is 68.4 Å². The van der Waals surface area contributed by atoms with Crippen LogP contribution in [0.5, 0.6) is 5.75 Å². The van der Waals surface area contributed by atoms with Crippen molar-refractivity contribution in [1.29, 1.82) is 0 Å². The van der Waals surface area contributed by atoms with Crippen molar-refractivity contribution >= 4 is 23.0 Å². The summed E-state index contributed by atoms with van der Waals surface area (Å²) in [5, 5.41) is 0. The van der Waals surface area contributed by atoms with E-state index in [4.69, 9.17) is 14.5 Å². The molecule has 2 aliphatic rings. The summed E-state index contributed by atoms with van der Waals surface area (Å²) in [4.78, 5) is 21.1. The fraction of sp³-hybridized carbons (Fsp3) is 0.391. The first-order valence-electron chi connectivity index (χ1n) is 10.4. The molecule has 152 valence electrons. The highest BCUT2D eigenvalue weighted by Crippen LogP contribution is 2.30. The molecular weight excluding hydrogens is 366 g/mol. The van der Waals surface area contributed by atoms with E-state index in [9.17, 15) is 4.79 Å². The number of carbonyl (C=O) groups is 1. The molecule has 0 aliphatic carbocycles. The van der Waals surface area contributed by atoms with E-state index in [1.807, 2.05) is 53.4 Å². The molecule has 1 saturated heterocycles. The minimum Gasteiger partial charge on any atom is -0.494 e. The lowest BCUT2D eigenvalue weighted by Crippen LogP contribution is -3.15. The summed E-state index contributed by atoms with van der Waals surface area (Å²) in [7, 11) is 0. The smallest absolute Gasteiger partial charge is 0.281 e. The number of amides is 1. The molecule has 0 radical (unpaired) electrons. The summed E-state index contributed by atoms with van der Waals surface area (Å²) in [6.07, 6.45) is 2.15. The van der Waals surface area contributed by atoms with Gasteiger partial charge in [-0.05, 0) is 36.8 Å². The molecule has 29 heavy (non-hydrogen) atoms. The van der Waals surface area contributed by atoms with Gasteiger partial charge < -0.3 is 14.4 Å². The van der Waals surface area contributed by atoms with E-state index in [-0.39, 0.29) is 5.91 Å². The molecule has 1 N–H and O–H groups in total. The zero-order valence-electron chi connectivity index (χ0n) is 16.9. The predicted octanol–water partition coefficient (Wildman–Crippen LogP) is 2.21. The number of nitrogens with one attached hydrogen (secondary N) is 1. The maximum Gasteiger partial charge on any atom is 0.281 e. The highest BCUT2D eigenvalue weighted by atomic mass is 16.5. The Labute approximate surface area is 171 Å². The average molecular weight is 394 g/mol. The number of ether oxygens (including phenoxy) is 2. The number of hydrogen-bond acceptors (Lipinski definition) is 4. The number of fused-ring (bicyclic) bond motifs is 1. The van der Waals surface area contributed by atoms with Crippen LogP contribution < -0.4 is 14.5 Å². The van der Waals surface area contributed by atoms with E-state index in [1.165, 1.54) is 4.90 Å². The van der Waals surface area contributed by atoms with Crippen LogP contribution >= 0.6 is 0 Å². The summed E-state index contributed by atoms with van der Waals surface area (Å²) in [6.45, 7) is 6.81. The summed E-state index contributed by atoms with van der Waals surface area (Å²) >= 11 is 0. The predicted molar refractivity (Wildman–Crippen MR) is 113 cm³/mol. The summed E-state index contributed by atoms with van der Waals surface area (Å²) in [5.74, 6) is 0.798. The van der Waals surface area contributed by atoms with Gasteiger partial charge in [-0.15, -0.1) is 0 Å². The molecule has 0 bridgehead atoms. The Kier molecular flexibility index (Phi) is 6.22. The Hall–Kier alpha value is -2.70. The lowest BCUT2D eigenvalue weighted by molar-refractivity contribution is -0.906. The second-order valence-corrected chi connectivity index (χ2v) is 7.43. The van der Waals surface area contributed by atoms with Crippen LogP contribution in [0.15, 0.2) is 53.5 Å². The third-order valence-corrected chi connectivity index (χ3v) is 5.32. The second-order valence-electron chi connectivity index (χ2n) is 7.43. The van der Waals surface area contributed by atoms with Crippen molar-refractivity contribution in [3.05, 3.63) is 54.1 Å². The normalized spacial score (nSPS) is 18.3. The Bertz CT molecular complexity index is 873. The topological polar surface area (TPSA) is 55.6 Å². The molecule has 6 heteroatoms. The molecule has 1 amide bonds. The number of morpholine rings is 1. The van der Waals surface area contributed by atoms with Crippen LogP contribution in [0.2, 0.25) is 0 Å². The third-order valence-electron chi connectivity index (χ3n) is 5.32. The number of unbranched alkanes of at least 4 members (excludes halogenated alkanes) is 1. The van der Waals surface area contributed by atoms with Crippen LogP contribution in [-0.4, -0.2) is 51.2 Å². The first-order chi connectivity index (χ1) is 14.3. The minimum atomic E-state index is -0.0338. The monoisotopic (exact) mass is 394 g/mol. The summed E-state index contributed by atoms with van der Waals surface area (Å²) in [6, 6.07) is 15.5. The van der Waals surface area contributed by atoms with E-state index in [1.54, 1.807) is 0 Å². The molecular formula is C23H28N3O3+. The van der Waals surface area contributed by atoms with E-state index < -0.39 is 0 Å². The number of benzene rings is 2. The highest BCUT2D eigenvalue weighted by molar-refractivity contribution is 6.54. The van der Waals surface area contributed by atoms with Gasteiger partial charge in [0.25, 0.3) is 5.91 Å². The number of rotatable bonds is 7. The van der Waals surface area contributed by atoms with Crippen molar-refractivity contribution in [1.82, 2.24) is 0 Å². The number of aliphatic imine (C=N–C) groups is 1. The van der Waals surface area contributed by atoms with Crippen LogP contribution in [0.25, 0.3) is 0 Å². The van der Waals surface area contributed by atoms with Gasteiger partial charge in [-0.2, -0.15) is 0 Å². The van der Waals surface area contributed by atoms with Gasteiger partial charge in [-0.3, -0.25) is 9.69 Å². The van der Waals surface area contributed by atoms with Crippen molar-refractivity contribution in [2.75, 3.05) is 44.5 Å². The number of para-hydroxylation sites is 1. The van der Waals surface area contributed by atoms with Crippen molar-refractivity contribution in [3.63, 3.8) is 0 Å². The van der Waals surface area contributed by atoms with Gasteiger partial charge in [-0.1, -0.05) is 31.5 Å². The van der Waals surface area contributed by atoms with Gasteiger partial charge in [0.15, 0.2) is 6.67 Å². The van der Waals surface area contributed by atoms with Crippen LogP contribution in [0.4, 0.5) is 11.4 Å². The van der Waals surface area contributed by atoms with E-state index in [2.05, 4.69) is 6.92 Å². The Morgan fingerprint density at radius 1 is 1.10 bits per heavy atom. The number of quaternary nitrogens is 1. The van der Waals surface area contributed by atoms with Gasteiger partial charge >= 0.3 is 0 Å². The van der Waals surface area contributed by atoms with E-state index >= 15 is 0 Å².